The van der Waals surface area contributed by atoms with Gasteiger partial charge in [0.25, 0.3) is 0 Å². The zero-order valence-electron chi connectivity index (χ0n) is 7.42. The van der Waals surface area contributed by atoms with Gasteiger partial charge in [0.15, 0.2) is 0 Å². The van der Waals surface area contributed by atoms with E-state index in [2.05, 4.69) is 28.8 Å². The summed E-state index contributed by atoms with van der Waals surface area (Å²) in [5.41, 5.74) is 0. The molecule has 1 nitrogen and oxygen atoms in total. The van der Waals surface area contributed by atoms with Crippen molar-refractivity contribution in [3.63, 3.8) is 0 Å². The molecule has 70 valence electrons. The van der Waals surface area contributed by atoms with Crippen molar-refractivity contribution < 1.29 is 0 Å². The van der Waals surface area contributed by atoms with Gasteiger partial charge in [0.2, 0.25) is 0 Å². The topological polar surface area (TPSA) is 12.0 Å². The Labute approximate surface area is 83.4 Å². The minimum absolute atomic E-state index is 0.834. The summed E-state index contributed by atoms with van der Waals surface area (Å²) in [5, 5.41) is 3.69. The lowest BCUT2D eigenvalue weighted by atomic mass is 10.1. The summed E-state index contributed by atoms with van der Waals surface area (Å²) in [6.45, 7) is 1.28. The van der Waals surface area contributed by atoms with Crippen LogP contribution in [0.2, 0.25) is 0 Å². The first-order valence-corrected chi connectivity index (χ1v) is 7.15. The summed E-state index contributed by atoms with van der Waals surface area (Å²) in [6.07, 6.45) is 2.84. The molecule has 12 heavy (non-hydrogen) atoms. The second kappa shape index (κ2) is 4.77. The molecule has 0 aromatic heterocycles. The van der Waals surface area contributed by atoms with Crippen LogP contribution < -0.4 is 5.32 Å². The van der Waals surface area contributed by atoms with Gasteiger partial charge in [-0.1, -0.05) is 0 Å². The third kappa shape index (κ3) is 2.57. The van der Waals surface area contributed by atoms with Crippen molar-refractivity contribution in [2.45, 2.75) is 18.9 Å². The standard InChI is InChI=1S/C9H17NS2/c1-3-11-6-8(1)5-10-9-2-4-12-7-9/h8-10H,1-7H2. The molecule has 0 spiro atoms. The third-order valence-electron chi connectivity index (χ3n) is 2.65. The van der Waals surface area contributed by atoms with Crippen molar-refractivity contribution >= 4 is 23.5 Å². The van der Waals surface area contributed by atoms with Gasteiger partial charge in [-0.15, -0.1) is 0 Å². The van der Waals surface area contributed by atoms with Gasteiger partial charge in [0.05, 0.1) is 0 Å². The molecule has 2 aliphatic heterocycles. The van der Waals surface area contributed by atoms with Crippen molar-refractivity contribution in [1.29, 1.82) is 0 Å². The second-order valence-corrected chi connectivity index (χ2v) is 6.00. The number of rotatable bonds is 3. The van der Waals surface area contributed by atoms with Crippen molar-refractivity contribution in [2.75, 3.05) is 29.6 Å². The lowest BCUT2D eigenvalue weighted by Gasteiger charge is -2.14. The highest BCUT2D eigenvalue weighted by molar-refractivity contribution is 7.99. The highest BCUT2D eigenvalue weighted by atomic mass is 32.2. The predicted octanol–water partition coefficient (Wildman–Crippen LogP) is 1.83. The Morgan fingerprint density at radius 2 is 1.92 bits per heavy atom. The van der Waals surface area contributed by atoms with E-state index in [1.807, 2.05) is 0 Å². The maximum Gasteiger partial charge on any atom is 0.0166 e. The van der Waals surface area contributed by atoms with E-state index in [1.54, 1.807) is 0 Å². The first-order chi connectivity index (χ1) is 5.95. The summed E-state index contributed by atoms with van der Waals surface area (Å²) in [7, 11) is 0. The van der Waals surface area contributed by atoms with Gasteiger partial charge in [0, 0.05) is 11.8 Å². The smallest absolute Gasteiger partial charge is 0.0166 e. The van der Waals surface area contributed by atoms with Gasteiger partial charge in [0.1, 0.15) is 0 Å². The number of hydrogen-bond donors (Lipinski definition) is 1. The third-order valence-corrected chi connectivity index (χ3v) is 5.04. The van der Waals surface area contributed by atoms with E-state index in [1.165, 1.54) is 42.4 Å². The Bertz CT molecular complexity index is 112. The zero-order chi connectivity index (χ0) is 8.23. The molecule has 2 unspecified atom stereocenters. The number of nitrogens with one attached hydrogen (secondary N) is 1. The molecule has 0 bridgehead atoms. The Morgan fingerprint density at radius 1 is 1.08 bits per heavy atom. The highest BCUT2D eigenvalue weighted by Crippen LogP contribution is 2.23. The fourth-order valence-electron chi connectivity index (χ4n) is 1.77. The molecule has 2 fully saturated rings. The minimum Gasteiger partial charge on any atom is -0.313 e. The number of hydrogen-bond acceptors (Lipinski definition) is 3. The molecule has 0 aromatic carbocycles. The maximum absolute atomic E-state index is 3.69. The zero-order valence-corrected chi connectivity index (χ0v) is 9.05. The second-order valence-electron chi connectivity index (χ2n) is 3.70. The molecular weight excluding hydrogens is 186 g/mol. The van der Waals surface area contributed by atoms with Crippen LogP contribution in [0.4, 0.5) is 0 Å². The largest absolute Gasteiger partial charge is 0.313 e. The molecule has 0 aromatic rings. The van der Waals surface area contributed by atoms with E-state index in [9.17, 15) is 0 Å². The molecule has 0 saturated carbocycles. The van der Waals surface area contributed by atoms with Gasteiger partial charge in [-0.3, -0.25) is 0 Å². The van der Waals surface area contributed by atoms with E-state index >= 15 is 0 Å². The Hall–Kier alpha value is 0.660. The molecule has 2 saturated heterocycles. The van der Waals surface area contributed by atoms with E-state index in [-0.39, 0.29) is 0 Å². The lowest BCUT2D eigenvalue weighted by Crippen LogP contribution is -2.33. The van der Waals surface area contributed by atoms with Crippen LogP contribution in [0.5, 0.6) is 0 Å². The normalized spacial score (nSPS) is 36.0. The van der Waals surface area contributed by atoms with Crippen molar-refractivity contribution in [2.24, 2.45) is 5.92 Å². The molecule has 2 heterocycles. The quantitative estimate of drug-likeness (QED) is 0.751. The van der Waals surface area contributed by atoms with Gasteiger partial charge in [-0.05, 0) is 42.6 Å². The van der Waals surface area contributed by atoms with Gasteiger partial charge >= 0.3 is 0 Å². The van der Waals surface area contributed by atoms with Crippen molar-refractivity contribution in [1.82, 2.24) is 5.32 Å². The summed E-state index contributed by atoms with van der Waals surface area (Å²) in [6, 6.07) is 0.834. The van der Waals surface area contributed by atoms with Crippen molar-refractivity contribution in [3.8, 4) is 0 Å². The number of thioether (sulfide) groups is 2. The van der Waals surface area contributed by atoms with Crippen LogP contribution in [0.25, 0.3) is 0 Å². The molecule has 2 rings (SSSR count). The monoisotopic (exact) mass is 203 g/mol. The summed E-state index contributed by atoms with van der Waals surface area (Å²) >= 11 is 4.22. The van der Waals surface area contributed by atoms with Crippen LogP contribution in [0, 0.1) is 5.92 Å². The Morgan fingerprint density at radius 3 is 2.58 bits per heavy atom. The molecule has 1 N–H and O–H groups in total. The first kappa shape index (κ1) is 9.22. The average Bonchev–Trinajstić information content (AvgIpc) is 2.74. The predicted molar refractivity (Wildman–Crippen MR) is 59.2 cm³/mol. The molecule has 2 aliphatic rings. The Balaban J connectivity index is 1.60. The molecule has 2 atom stereocenters. The van der Waals surface area contributed by atoms with Crippen LogP contribution in [-0.4, -0.2) is 35.6 Å². The van der Waals surface area contributed by atoms with Crippen LogP contribution in [-0.2, 0) is 0 Å². The van der Waals surface area contributed by atoms with E-state index in [0.29, 0.717) is 0 Å². The van der Waals surface area contributed by atoms with Crippen LogP contribution in [0.3, 0.4) is 0 Å². The molecule has 3 heteroatoms. The lowest BCUT2D eigenvalue weighted by molar-refractivity contribution is 0.472. The summed E-state index contributed by atoms with van der Waals surface area (Å²) < 4.78 is 0. The minimum atomic E-state index is 0.834. The summed E-state index contributed by atoms with van der Waals surface area (Å²) in [4.78, 5) is 0. The SMILES string of the molecule is C1CC(CNC2CCSC2)CS1. The average molecular weight is 203 g/mol. The van der Waals surface area contributed by atoms with Crippen LogP contribution >= 0.6 is 23.5 Å². The molecule has 0 radical (unpaired) electrons. The molecule has 0 amide bonds. The first-order valence-electron chi connectivity index (χ1n) is 4.84. The van der Waals surface area contributed by atoms with Crippen LogP contribution in [0.1, 0.15) is 12.8 Å². The summed E-state index contributed by atoms with van der Waals surface area (Å²) in [5.74, 6) is 6.48. The molecular formula is C9H17NS2. The van der Waals surface area contributed by atoms with Gasteiger partial charge < -0.3 is 5.32 Å². The van der Waals surface area contributed by atoms with Crippen molar-refractivity contribution in [3.05, 3.63) is 0 Å². The van der Waals surface area contributed by atoms with E-state index < -0.39 is 0 Å². The molecule has 0 aliphatic carbocycles. The Kier molecular flexibility index (Phi) is 3.67. The fraction of sp³-hybridized carbons (Fsp3) is 1.00. The van der Waals surface area contributed by atoms with Crippen LogP contribution in [0.15, 0.2) is 0 Å². The van der Waals surface area contributed by atoms with Gasteiger partial charge in [-0.2, -0.15) is 23.5 Å². The highest BCUT2D eigenvalue weighted by Gasteiger charge is 2.19. The van der Waals surface area contributed by atoms with E-state index in [4.69, 9.17) is 0 Å². The van der Waals surface area contributed by atoms with E-state index in [0.717, 1.165) is 12.0 Å². The van der Waals surface area contributed by atoms with Gasteiger partial charge in [-0.25, -0.2) is 0 Å². The maximum atomic E-state index is 3.69. The fourth-order valence-corrected chi connectivity index (χ4v) is 4.24.